The van der Waals surface area contributed by atoms with Crippen LogP contribution in [0.4, 0.5) is 0 Å². The number of carbonyl (C=O) groups excluding carboxylic acids is 1. The number of hydrogen-bond acceptors (Lipinski definition) is 6. The van der Waals surface area contributed by atoms with E-state index in [1.54, 1.807) is 38.5 Å². The fourth-order valence-corrected chi connectivity index (χ4v) is 6.40. The van der Waals surface area contributed by atoms with E-state index in [4.69, 9.17) is 9.47 Å². The van der Waals surface area contributed by atoms with Crippen LogP contribution in [-0.4, -0.2) is 35.1 Å². The Labute approximate surface area is 179 Å². The number of nitrogens with one attached hydrogen (secondary N) is 1. The van der Waals surface area contributed by atoms with Gasteiger partial charge < -0.3 is 14.8 Å². The zero-order chi connectivity index (χ0) is 21.3. The lowest BCUT2D eigenvalue weighted by Crippen LogP contribution is -2.24. The molecule has 0 atom stereocenters. The summed E-state index contributed by atoms with van der Waals surface area (Å²) < 4.78 is 35.6. The maximum Gasteiger partial charge on any atom is 0.261 e. The number of hydrogen-bond donors (Lipinski definition) is 1. The summed E-state index contributed by atoms with van der Waals surface area (Å²) in [5.41, 5.74) is 2.37. The van der Waals surface area contributed by atoms with Crippen molar-refractivity contribution in [3.63, 3.8) is 0 Å². The van der Waals surface area contributed by atoms with Gasteiger partial charge in [0.2, 0.25) is 0 Å². The van der Waals surface area contributed by atoms with Gasteiger partial charge in [-0.3, -0.25) is 4.79 Å². The van der Waals surface area contributed by atoms with Crippen LogP contribution in [0.15, 0.2) is 53.4 Å². The van der Waals surface area contributed by atoms with Gasteiger partial charge in [0, 0.05) is 17.0 Å². The van der Waals surface area contributed by atoms with Crippen molar-refractivity contribution in [2.45, 2.75) is 17.1 Å². The molecule has 1 amide bonds. The molecule has 4 rings (SSSR count). The van der Waals surface area contributed by atoms with E-state index in [2.05, 4.69) is 5.32 Å². The molecule has 1 aromatic heterocycles. The molecule has 8 heteroatoms. The number of carbonyl (C=O) groups is 1. The van der Waals surface area contributed by atoms with Crippen molar-refractivity contribution in [3.05, 3.63) is 64.5 Å². The number of fused-ring (bicyclic) bond motifs is 3. The SMILES string of the molecule is COc1ccc(CCNC(=O)c2cc3c(s2)-c2ccccc2S(=O)(=O)C3)cc1OC. The Morgan fingerprint density at radius 2 is 1.83 bits per heavy atom. The van der Waals surface area contributed by atoms with E-state index in [1.807, 2.05) is 24.3 Å². The third-order valence-corrected chi connectivity index (χ3v) is 7.92. The van der Waals surface area contributed by atoms with Crippen molar-refractivity contribution in [2.24, 2.45) is 0 Å². The first kappa shape index (κ1) is 20.4. The third-order valence-electron chi connectivity index (χ3n) is 4.99. The molecular formula is C22H21NO5S2. The average molecular weight is 444 g/mol. The van der Waals surface area contributed by atoms with Gasteiger partial charge in [0.25, 0.3) is 5.91 Å². The quantitative estimate of drug-likeness (QED) is 0.628. The maximum atomic E-state index is 12.7. The van der Waals surface area contributed by atoms with Crippen LogP contribution in [0.5, 0.6) is 11.5 Å². The van der Waals surface area contributed by atoms with E-state index in [9.17, 15) is 13.2 Å². The molecule has 2 heterocycles. The number of methoxy groups -OCH3 is 2. The summed E-state index contributed by atoms with van der Waals surface area (Å²) >= 11 is 1.33. The lowest BCUT2D eigenvalue weighted by Gasteiger charge is -2.15. The highest BCUT2D eigenvalue weighted by Gasteiger charge is 2.30. The van der Waals surface area contributed by atoms with E-state index in [1.165, 1.54) is 11.3 Å². The average Bonchev–Trinajstić information content (AvgIpc) is 3.17. The van der Waals surface area contributed by atoms with Gasteiger partial charge in [0.05, 0.1) is 29.7 Å². The van der Waals surface area contributed by atoms with Gasteiger partial charge in [-0.1, -0.05) is 24.3 Å². The number of rotatable bonds is 6. The Balaban J connectivity index is 1.47. The molecule has 0 unspecified atom stereocenters. The molecule has 0 radical (unpaired) electrons. The molecule has 1 N–H and O–H groups in total. The van der Waals surface area contributed by atoms with Crippen LogP contribution < -0.4 is 14.8 Å². The van der Waals surface area contributed by atoms with Crippen LogP contribution in [0, 0.1) is 0 Å². The van der Waals surface area contributed by atoms with Crippen LogP contribution in [0.3, 0.4) is 0 Å². The Kier molecular flexibility index (Phi) is 5.53. The van der Waals surface area contributed by atoms with Gasteiger partial charge in [0.15, 0.2) is 21.3 Å². The Bertz CT molecular complexity index is 1210. The molecule has 0 spiro atoms. The molecule has 6 nitrogen and oxygen atoms in total. The summed E-state index contributed by atoms with van der Waals surface area (Å²) in [5, 5.41) is 2.92. The summed E-state index contributed by atoms with van der Waals surface area (Å²) in [4.78, 5) is 14.4. The number of sulfone groups is 1. The highest BCUT2D eigenvalue weighted by atomic mass is 32.2. The van der Waals surface area contributed by atoms with Crippen LogP contribution in [0.1, 0.15) is 20.8 Å². The summed E-state index contributed by atoms with van der Waals surface area (Å²) in [6.07, 6.45) is 0.633. The van der Waals surface area contributed by atoms with E-state index in [-0.39, 0.29) is 11.7 Å². The highest BCUT2D eigenvalue weighted by Crippen LogP contribution is 2.42. The van der Waals surface area contributed by atoms with Gasteiger partial charge in [-0.2, -0.15) is 0 Å². The predicted octanol–water partition coefficient (Wildman–Crippen LogP) is 3.69. The van der Waals surface area contributed by atoms with Crippen molar-refractivity contribution in [1.29, 1.82) is 0 Å². The van der Waals surface area contributed by atoms with Gasteiger partial charge in [-0.25, -0.2) is 8.42 Å². The first-order valence-corrected chi connectivity index (χ1v) is 11.8. The zero-order valence-electron chi connectivity index (χ0n) is 16.6. The Hall–Kier alpha value is -2.84. The lowest BCUT2D eigenvalue weighted by molar-refractivity contribution is 0.0958. The van der Waals surface area contributed by atoms with Gasteiger partial charge >= 0.3 is 0 Å². The normalized spacial score (nSPS) is 13.8. The number of thiophene rings is 1. The second-order valence-electron chi connectivity index (χ2n) is 6.92. The van der Waals surface area contributed by atoms with Crippen molar-refractivity contribution in [2.75, 3.05) is 20.8 Å². The zero-order valence-corrected chi connectivity index (χ0v) is 18.2. The van der Waals surface area contributed by atoms with Gasteiger partial charge in [0.1, 0.15) is 0 Å². The molecule has 0 saturated heterocycles. The fourth-order valence-electron chi connectivity index (χ4n) is 3.53. The Morgan fingerprint density at radius 1 is 1.07 bits per heavy atom. The van der Waals surface area contributed by atoms with E-state index < -0.39 is 9.84 Å². The first-order valence-electron chi connectivity index (χ1n) is 9.37. The summed E-state index contributed by atoms with van der Waals surface area (Å²) in [5.74, 6) is 1.02. The Morgan fingerprint density at radius 3 is 2.60 bits per heavy atom. The van der Waals surface area contributed by atoms with Crippen LogP contribution in [0.2, 0.25) is 0 Å². The molecule has 0 saturated carbocycles. The monoisotopic (exact) mass is 443 g/mol. The summed E-state index contributed by atoms with van der Waals surface area (Å²) in [7, 11) is -0.211. The lowest BCUT2D eigenvalue weighted by atomic mass is 10.1. The molecule has 1 aliphatic heterocycles. The number of benzene rings is 2. The van der Waals surface area contributed by atoms with Crippen LogP contribution in [-0.2, 0) is 22.0 Å². The molecule has 30 heavy (non-hydrogen) atoms. The maximum absolute atomic E-state index is 12.7. The summed E-state index contributed by atoms with van der Waals surface area (Å²) in [6.45, 7) is 0.450. The minimum atomic E-state index is -3.38. The topological polar surface area (TPSA) is 81.7 Å². The molecule has 3 aromatic rings. The van der Waals surface area contributed by atoms with E-state index in [0.717, 1.165) is 10.4 Å². The van der Waals surface area contributed by atoms with Crippen molar-refractivity contribution < 1.29 is 22.7 Å². The molecular weight excluding hydrogens is 422 g/mol. The molecule has 1 aliphatic rings. The van der Waals surface area contributed by atoms with Crippen LogP contribution >= 0.6 is 11.3 Å². The van der Waals surface area contributed by atoms with Crippen LogP contribution in [0.25, 0.3) is 10.4 Å². The molecule has 0 bridgehead atoms. The first-order chi connectivity index (χ1) is 14.4. The fraction of sp³-hybridized carbons (Fsp3) is 0.227. The molecule has 0 fully saturated rings. The molecule has 0 aliphatic carbocycles. The summed E-state index contributed by atoms with van der Waals surface area (Å²) in [6, 6.07) is 14.3. The standard InChI is InChI=1S/C22H21NO5S2/c1-27-17-8-7-14(11-18(17)28-2)9-10-23-22(24)19-12-15-13-30(25,26)20-6-4-3-5-16(20)21(15)29-19/h3-8,11-12H,9-10,13H2,1-2H3,(H,23,24). The second-order valence-corrected chi connectivity index (χ2v) is 9.93. The van der Waals surface area contributed by atoms with Crippen molar-refractivity contribution in [1.82, 2.24) is 5.32 Å². The largest absolute Gasteiger partial charge is 0.493 e. The minimum absolute atomic E-state index is 0.0746. The van der Waals surface area contributed by atoms with E-state index in [0.29, 0.717) is 45.4 Å². The van der Waals surface area contributed by atoms with Gasteiger partial charge in [-0.15, -0.1) is 11.3 Å². The number of amides is 1. The molecule has 2 aromatic carbocycles. The molecule has 156 valence electrons. The highest BCUT2D eigenvalue weighted by molar-refractivity contribution is 7.91. The predicted molar refractivity (Wildman–Crippen MR) is 116 cm³/mol. The second kappa shape index (κ2) is 8.12. The van der Waals surface area contributed by atoms with E-state index >= 15 is 0 Å². The minimum Gasteiger partial charge on any atom is -0.493 e. The number of ether oxygens (including phenoxy) is 2. The van der Waals surface area contributed by atoms with Gasteiger partial charge in [-0.05, 0) is 41.8 Å². The third kappa shape index (κ3) is 3.80. The smallest absolute Gasteiger partial charge is 0.261 e. The van der Waals surface area contributed by atoms with Crippen molar-refractivity contribution in [3.8, 4) is 21.9 Å². The van der Waals surface area contributed by atoms with Crippen molar-refractivity contribution >= 4 is 27.1 Å².